The summed E-state index contributed by atoms with van der Waals surface area (Å²) in [5.41, 5.74) is 3.65. The number of nitrogens with zero attached hydrogens (tertiary/aromatic N) is 6. The number of benzene rings is 1. The summed E-state index contributed by atoms with van der Waals surface area (Å²) in [5.74, 6) is -0.105. The number of tetrazole rings is 1. The first kappa shape index (κ1) is 14.6. The quantitative estimate of drug-likeness (QED) is 0.782. The van der Waals surface area contributed by atoms with Crippen molar-refractivity contribution in [2.24, 2.45) is 7.05 Å². The predicted molar refractivity (Wildman–Crippen MR) is 85.5 cm³/mol. The molecule has 1 aromatic carbocycles. The molecule has 0 aliphatic heterocycles. The van der Waals surface area contributed by atoms with Crippen molar-refractivity contribution in [2.75, 3.05) is 0 Å². The van der Waals surface area contributed by atoms with Crippen molar-refractivity contribution in [1.29, 1.82) is 0 Å². The highest BCUT2D eigenvalue weighted by atomic mass is 16.1. The van der Waals surface area contributed by atoms with Gasteiger partial charge in [-0.05, 0) is 47.9 Å². The fraction of sp³-hybridized carbons (Fsp3) is 0.312. The van der Waals surface area contributed by atoms with Gasteiger partial charge >= 0.3 is 0 Å². The minimum atomic E-state index is -0.105. The maximum absolute atomic E-state index is 12.7. The van der Waals surface area contributed by atoms with Crippen LogP contribution in [0.3, 0.4) is 0 Å². The van der Waals surface area contributed by atoms with Crippen LogP contribution in [-0.2, 0) is 13.5 Å². The van der Waals surface area contributed by atoms with Crippen LogP contribution in [0.2, 0.25) is 0 Å². The number of rotatable bonds is 3. The number of carbonyl (C=O) groups excluding carboxylic acids is 1. The van der Waals surface area contributed by atoms with Crippen molar-refractivity contribution in [3.05, 3.63) is 53.6 Å². The van der Waals surface area contributed by atoms with Crippen LogP contribution in [-0.4, -0.2) is 35.9 Å². The van der Waals surface area contributed by atoms with E-state index in [2.05, 4.69) is 25.9 Å². The first-order chi connectivity index (χ1) is 11.7. The van der Waals surface area contributed by atoms with E-state index in [0.717, 1.165) is 30.5 Å². The lowest BCUT2D eigenvalue weighted by atomic mass is 9.92. The second kappa shape index (κ2) is 5.88. The van der Waals surface area contributed by atoms with Gasteiger partial charge in [-0.25, -0.2) is 4.68 Å². The Morgan fingerprint density at radius 2 is 2.29 bits per heavy atom. The molecule has 4 rings (SSSR count). The highest BCUT2D eigenvalue weighted by Gasteiger charge is 2.25. The molecule has 0 bridgehead atoms. The number of aromatic nitrogens is 6. The fourth-order valence-corrected chi connectivity index (χ4v) is 3.17. The Balaban J connectivity index is 1.56. The van der Waals surface area contributed by atoms with Crippen LogP contribution in [0.5, 0.6) is 0 Å². The Morgan fingerprint density at radius 1 is 1.38 bits per heavy atom. The van der Waals surface area contributed by atoms with Crippen molar-refractivity contribution >= 4 is 5.91 Å². The zero-order chi connectivity index (χ0) is 16.5. The minimum Gasteiger partial charge on any atom is -0.345 e. The van der Waals surface area contributed by atoms with Gasteiger partial charge in [-0.1, -0.05) is 6.07 Å². The third kappa shape index (κ3) is 2.55. The molecule has 8 heteroatoms. The van der Waals surface area contributed by atoms with Crippen molar-refractivity contribution in [1.82, 2.24) is 35.3 Å². The van der Waals surface area contributed by atoms with E-state index in [-0.39, 0.29) is 11.9 Å². The predicted octanol–water partition coefficient (Wildman–Crippen LogP) is 1.20. The zero-order valence-corrected chi connectivity index (χ0v) is 13.3. The van der Waals surface area contributed by atoms with Gasteiger partial charge in [0.2, 0.25) is 0 Å². The van der Waals surface area contributed by atoms with Gasteiger partial charge in [0.25, 0.3) is 5.91 Å². The van der Waals surface area contributed by atoms with Gasteiger partial charge in [-0.3, -0.25) is 9.48 Å². The molecule has 0 spiro atoms. The molecule has 1 aliphatic rings. The molecule has 0 saturated heterocycles. The molecule has 1 atom stereocenters. The Kier molecular flexibility index (Phi) is 3.56. The van der Waals surface area contributed by atoms with Crippen LogP contribution in [0.1, 0.15) is 40.5 Å². The summed E-state index contributed by atoms with van der Waals surface area (Å²) in [5, 5.41) is 18.5. The minimum absolute atomic E-state index is 0.00615. The number of amides is 1. The largest absolute Gasteiger partial charge is 0.345 e. The molecule has 24 heavy (non-hydrogen) atoms. The summed E-state index contributed by atoms with van der Waals surface area (Å²) in [6.07, 6.45) is 6.34. The van der Waals surface area contributed by atoms with Crippen LogP contribution in [0.25, 0.3) is 5.69 Å². The second-order valence-electron chi connectivity index (χ2n) is 5.89. The van der Waals surface area contributed by atoms with Crippen LogP contribution in [0.4, 0.5) is 0 Å². The highest BCUT2D eigenvalue weighted by molar-refractivity contribution is 5.95. The molecule has 1 N–H and O–H groups in total. The maximum Gasteiger partial charge on any atom is 0.251 e. The number of aryl methyl sites for hydroxylation is 1. The van der Waals surface area contributed by atoms with Gasteiger partial charge in [0.1, 0.15) is 6.33 Å². The normalized spacial score (nSPS) is 16.6. The Morgan fingerprint density at radius 3 is 3.12 bits per heavy atom. The highest BCUT2D eigenvalue weighted by Crippen LogP contribution is 2.29. The molecule has 0 radical (unpaired) electrons. The summed E-state index contributed by atoms with van der Waals surface area (Å²) in [6.45, 7) is 0. The molecule has 2 aromatic heterocycles. The van der Waals surface area contributed by atoms with E-state index >= 15 is 0 Å². The Hall–Kier alpha value is -3.03. The van der Waals surface area contributed by atoms with Gasteiger partial charge in [-0.15, -0.1) is 5.10 Å². The van der Waals surface area contributed by atoms with Gasteiger partial charge in [0, 0.05) is 23.9 Å². The number of hydrogen-bond acceptors (Lipinski definition) is 5. The Labute approximate surface area is 138 Å². The summed E-state index contributed by atoms with van der Waals surface area (Å²) in [6, 6.07) is 7.25. The van der Waals surface area contributed by atoms with Gasteiger partial charge < -0.3 is 5.32 Å². The molecule has 3 aromatic rings. The summed E-state index contributed by atoms with van der Waals surface area (Å²) < 4.78 is 3.42. The first-order valence-electron chi connectivity index (χ1n) is 7.87. The molecular formula is C16H17N7O. The lowest BCUT2D eigenvalue weighted by Gasteiger charge is -2.23. The molecule has 8 nitrogen and oxygen atoms in total. The number of fused-ring (bicyclic) bond motifs is 1. The monoisotopic (exact) mass is 323 g/mol. The van der Waals surface area contributed by atoms with E-state index in [0.29, 0.717) is 5.56 Å². The topological polar surface area (TPSA) is 90.5 Å². The van der Waals surface area contributed by atoms with Crippen LogP contribution >= 0.6 is 0 Å². The standard InChI is InChI=1S/C16H17N7O/c1-22-15-7-3-6-14(13(15)9-18-22)19-16(24)11-4-2-5-12(8-11)23-10-17-20-21-23/h2,4-5,8-10,14H,3,6-7H2,1H3,(H,19,24)/t14-/m0/s1. The van der Waals surface area contributed by atoms with E-state index in [9.17, 15) is 4.79 Å². The van der Waals surface area contributed by atoms with Crippen molar-refractivity contribution in [3.8, 4) is 5.69 Å². The van der Waals surface area contributed by atoms with Gasteiger partial charge in [0.15, 0.2) is 0 Å². The van der Waals surface area contributed by atoms with E-state index < -0.39 is 0 Å². The average Bonchev–Trinajstić information content (AvgIpc) is 3.26. The second-order valence-corrected chi connectivity index (χ2v) is 5.89. The third-order valence-electron chi connectivity index (χ3n) is 4.40. The molecular weight excluding hydrogens is 306 g/mol. The third-order valence-corrected chi connectivity index (χ3v) is 4.40. The van der Waals surface area contributed by atoms with Crippen LogP contribution in [0.15, 0.2) is 36.8 Å². The van der Waals surface area contributed by atoms with E-state index in [1.54, 1.807) is 12.1 Å². The maximum atomic E-state index is 12.7. The summed E-state index contributed by atoms with van der Waals surface area (Å²) in [4.78, 5) is 12.7. The van der Waals surface area contributed by atoms with Crippen LogP contribution < -0.4 is 5.32 Å². The Bertz CT molecular complexity index is 868. The SMILES string of the molecule is Cn1ncc2c1CCC[C@@H]2NC(=O)c1cccc(-n2cnnn2)c1. The zero-order valence-electron chi connectivity index (χ0n) is 13.3. The first-order valence-corrected chi connectivity index (χ1v) is 7.87. The molecule has 2 heterocycles. The number of hydrogen-bond donors (Lipinski definition) is 1. The van der Waals surface area contributed by atoms with Gasteiger partial charge in [-0.2, -0.15) is 5.10 Å². The molecule has 1 aliphatic carbocycles. The molecule has 122 valence electrons. The lowest BCUT2D eigenvalue weighted by molar-refractivity contribution is 0.0932. The van der Waals surface area contributed by atoms with Crippen molar-refractivity contribution in [3.63, 3.8) is 0 Å². The van der Waals surface area contributed by atoms with Gasteiger partial charge in [0.05, 0.1) is 17.9 Å². The summed E-state index contributed by atoms with van der Waals surface area (Å²) in [7, 11) is 1.94. The van der Waals surface area contributed by atoms with Crippen LogP contribution in [0, 0.1) is 0 Å². The summed E-state index contributed by atoms with van der Waals surface area (Å²) >= 11 is 0. The number of nitrogens with one attached hydrogen (secondary N) is 1. The van der Waals surface area contributed by atoms with E-state index in [4.69, 9.17) is 0 Å². The average molecular weight is 323 g/mol. The number of carbonyl (C=O) groups is 1. The lowest BCUT2D eigenvalue weighted by Crippen LogP contribution is -2.31. The van der Waals surface area contributed by atoms with Crippen molar-refractivity contribution < 1.29 is 4.79 Å². The smallest absolute Gasteiger partial charge is 0.251 e. The van der Waals surface area contributed by atoms with Crippen molar-refractivity contribution in [2.45, 2.75) is 25.3 Å². The van der Waals surface area contributed by atoms with E-state index in [1.165, 1.54) is 16.7 Å². The van der Waals surface area contributed by atoms with E-state index in [1.807, 2.05) is 30.1 Å². The molecule has 0 saturated carbocycles. The fourth-order valence-electron chi connectivity index (χ4n) is 3.17. The molecule has 0 fully saturated rings. The molecule has 1 amide bonds. The molecule has 0 unspecified atom stereocenters.